The molecule has 2 heterocycles. The van der Waals surface area contributed by atoms with Crippen LogP contribution in [0.4, 0.5) is 0 Å². The summed E-state index contributed by atoms with van der Waals surface area (Å²) in [5.74, 6) is -1.06. The Morgan fingerprint density at radius 3 is 2.48 bits per heavy atom. The lowest BCUT2D eigenvalue weighted by Crippen LogP contribution is -2.31. The van der Waals surface area contributed by atoms with E-state index in [4.69, 9.17) is 0 Å². The smallest absolute Gasteiger partial charge is 0.354 e. The fraction of sp³-hybridized carbons (Fsp3) is 0.105. The second-order valence-corrected chi connectivity index (χ2v) is 5.92. The summed E-state index contributed by atoms with van der Waals surface area (Å²) in [6.07, 6.45) is 2.33. The van der Waals surface area contributed by atoms with Gasteiger partial charge >= 0.3 is 5.97 Å². The number of hydrogen-bond donors (Lipinski definition) is 3. The molecule has 0 saturated heterocycles. The number of H-pyrrole nitrogens is 1. The van der Waals surface area contributed by atoms with Crippen molar-refractivity contribution in [2.45, 2.75) is 6.42 Å². The van der Waals surface area contributed by atoms with Gasteiger partial charge in [-0.2, -0.15) is 5.10 Å². The molecule has 0 aliphatic carbocycles. The van der Waals surface area contributed by atoms with Gasteiger partial charge in [-0.25, -0.2) is 4.79 Å². The Hall–Kier alpha value is -3.41. The van der Waals surface area contributed by atoms with E-state index in [1.807, 2.05) is 42.5 Å². The third kappa shape index (κ3) is 2.67. The van der Waals surface area contributed by atoms with Crippen LogP contribution in [0.1, 0.15) is 26.4 Å². The molecule has 25 heavy (non-hydrogen) atoms. The Morgan fingerprint density at radius 1 is 1.00 bits per heavy atom. The summed E-state index contributed by atoms with van der Waals surface area (Å²) in [7, 11) is 0. The summed E-state index contributed by atoms with van der Waals surface area (Å²) in [6.45, 7) is 0.659. The number of carboxylic acids is 1. The molecule has 0 bridgehead atoms. The summed E-state index contributed by atoms with van der Waals surface area (Å²) < 4.78 is 0. The Kier molecular flexibility index (Phi) is 3.57. The van der Waals surface area contributed by atoms with Crippen LogP contribution >= 0.6 is 0 Å². The van der Waals surface area contributed by atoms with E-state index < -0.39 is 5.97 Å². The van der Waals surface area contributed by atoms with Crippen molar-refractivity contribution in [3.05, 3.63) is 65.5 Å². The summed E-state index contributed by atoms with van der Waals surface area (Å²) in [6, 6.07) is 13.5. The average molecular weight is 333 g/mol. The monoisotopic (exact) mass is 333 g/mol. The standard InChI is InChI=1S/C19H15N3O3/c23-18-15-6-5-13(9-14(15)7-8-20-18)11-1-3-12(4-2-11)16-10-21-22-17(16)19(24)25/h1-6,9-10H,7-8H2,(H,20,23)(H,21,22)(H,24,25). The molecule has 0 radical (unpaired) electrons. The van der Waals surface area contributed by atoms with Crippen molar-refractivity contribution in [3.63, 3.8) is 0 Å². The van der Waals surface area contributed by atoms with Crippen molar-refractivity contribution in [2.24, 2.45) is 0 Å². The minimum Gasteiger partial charge on any atom is -0.477 e. The molecule has 6 heteroatoms. The molecule has 0 spiro atoms. The highest BCUT2D eigenvalue weighted by atomic mass is 16.4. The molecule has 124 valence electrons. The number of amides is 1. The largest absolute Gasteiger partial charge is 0.477 e. The zero-order valence-electron chi connectivity index (χ0n) is 13.2. The Morgan fingerprint density at radius 2 is 1.72 bits per heavy atom. The van der Waals surface area contributed by atoms with Crippen LogP contribution in [0.3, 0.4) is 0 Å². The van der Waals surface area contributed by atoms with Crippen LogP contribution in [0.15, 0.2) is 48.7 Å². The van der Waals surface area contributed by atoms with Crippen LogP contribution in [0.25, 0.3) is 22.3 Å². The Labute approximate surface area is 143 Å². The Balaban J connectivity index is 1.68. The van der Waals surface area contributed by atoms with Gasteiger partial charge in [-0.05, 0) is 34.7 Å². The number of nitrogens with one attached hydrogen (secondary N) is 2. The number of aromatic amines is 1. The van der Waals surface area contributed by atoms with Crippen molar-refractivity contribution in [2.75, 3.05) is 6.54 Å². The number of carbonyl (C=O) groups is 2. The third-order valence-electron chi connectivity index (χ3n) is 4.41. The molecule has 1 aliphatic rings. The fourth-order valence-corrected chi connectivity index (χ4v) is 3.12. The van der Waals surface area contributed by atoms with Crippen LogP contribution in [-0.4, -0.2) is 33.7 Å². The number of aromatic carboxylic acids is 1. The number of aromatic nitrogens is 2. The van der Waals surface area contributed by atoms with E-state index in [-0.39, 0.29) is 11.6 Å². The summed E-state index contributed by atoms with van der Waals surface area (Å²) in [5, 5.41) is 18.3. The summed E-state index contributed by atoms with van der Waals surface area (Å²) >= 11 is 0. The summed E-state index contributed by atoms with van der Waals surface area (Å²) in [4.78, 5) is 23.0. The van der Waals surface area contributed by atoms with E-state index in [0.29, 0.717) is 12.1 Å². The van der Waals surface area contributed by atoms with Gasteiger partial charge in [0.25, 0.3) is 5.91 Å². The van der Waals surface area contributed by atoms with Crippen LogP contribution < -0.4 is 5.32 Å². The molecule has 3 N–H and O–H groups in total. The normalized spacial score (nSPS) is 13.2. The van der Waals surface area contributed by atoms with Crippen LogP contribution in [0, 0.1) is 0 Å². The van der Waals surface area contributed by atoms with E-state index in [1.165, 1.54) is 6.20 Å². The molecular formula is C19H15N3O3. The molecule has 2 aromatic carbocycles. The van der Waals surface area contributed by atoms with Gasteiger partial charge in [0.05, 0.1) is 6.20 Å². The summed E-state index contributed by atoms with van der Waals surface area (Å²) in [5.41, 5.74) is 5.24. The van der Waals surface area contributed by atoms with Gasteiger partial charge in [-0.1, -0.05) is 36.4 Å². The number of fused-ring (bicyclic) bond motifs is 1. The number of carbonyl (C=O) groups excluding carboxylic acids is 1. The second kappa shape index (κ2) is 5.90. The van der Waals surface area contributed by atoms with Gasteiger partial charge < -0.3 is 10.4 Å². The molecule has 1 amide bonds. The highest BCUT2D eigenvalue weighted by molar-refractivity contribution is 5.97. The minimum absolute atomic E-state index is 0.0238. The molecule has 4 rings (SSSR count). The van der Waals surface area contributed by atoms with Gasteiger partial charge in [0, 0.05) is 17.7 Å². The quantitative estimate of drug-likeness (QED) is 0.687. The molecular weight excluding hydrogens is 318 g/mol. The first-order chi connectivity index (χ1) is 12.1. The zero-order valence-corrected chi connectivity index (χ0v) is 13.2. The average Bonchev–Trinajstić information content (AvgIpc) is 3.12. The van der Waals surface area contributed by atoms with Gasteiger partial charge in [-0.15, -0.1) is 0 Å². The highest BCUT2D eigenvalue weighted by Gasteiger charge is 2.17. The van der Waals surface area contributed by atoms with Gasteiger partial charge in [-0.3, -0.25) is 9.89 Å². The molecule has 3 aromatic rings. The SMILES string of the molecule is O=C1NCCc2cc(-c3ccc(-c4cn[nH]c4C(=O)O)cc3)ccc21. The molecule has 1 aromatic heterocycles. The topological polar surface area (TPSA) is 95.1 Å². The van der Waals surface area contributed by atoms with E-state index >= 15 is 0 Å². The fourth-order valence-electron chi connectivity index (χ4n) is 3.12. The van der Waals surface area contributed by atoms with Crippen molar-refractivity contribution in [1.82, 2.24) is 15.5 Å². The van der Waals surface area contributed by atoms with Gasteiger partial charge in [0.2, 0.25) is 0 Å². The van der Waals surface area contributed by atoms with Crippen LogP contribution in [0.5, 0.6) is 0 Å². The Bertz CT molecular complexity index is 974. The van der Waals surface area contributed by atoms with Crippen molar-refractivity contribution >= 4 is 11.9 Å². The van der Waals surface area contributed by atoms with Crippen LogP contribution in [0.2, 0.25) is 0 Å². The minimum atomic E-state index is -1.04. The highest BCUT2D eigenvalue weighted by Crippen LogP contribution is 2.28. The first-order valence-electron chi connectivity index (χ1n) is 7.92. The molecule has 6 nitrogen and oxygen atoms in total. The molecule has 0 unspecified atom stereocenters. The van der Waals surface area contributed by atoms with Gasteiger partial charge in [0.15, 0.2) is 5.69 Å². The number of carboxylic acid groups (broad SMARTS) is 1. The number of nitrogens with zero attached hydrogens (tertiary/aromatic N) is 1. The second-order valence-electron chi connectivity index (χ2n) is 5.92. The zero-order chi connectivity index (χ0) is 17.4. The first-order valence-corrected chi connectivity index (χ1v) is 7.92. The van der Waals surface area contributed by atoms with Crippen LogP contribution in [-0.2, 0) is 6.42 Å². The van der Waals surface area contributed by atoms with Crippen molar-refractivity contribution in [3.8, 4) is 22.3 Å². The number of rotatable bonds is 3. The maximum Gasteiger partial charge on any atom is 0.354 e. The van der Waals surface area contributed by atoms with E-state index in [9.17, 15) is 14.7 Å². The lowest BCUT2D eigenvalue weighted by atomic mass is 9.94. The molecule has 0 fully saturated rings. The van der Waals surface area contributed by atoms with Gasteiger partial charge in [0.1, 0.15) is 0 Å². The number of benzene rings is 2. The molecule has 1 aliphatic heterocycles. The lowest BCUT2D eigenvalue weighted by Gasteiger charge is -2.17. The van der Waals surface area contributed by atoms with E-state index in [0.717, 1.165) is 34.2 Å². The maximum atomic E-state index is 11.8. The predicted octanol–water partition coefficient (Wildman–Crippen LogP) is 2.73. The first kappa shape index (κ1) is 15.1. The van der Waals surface area contributed by atoms with Crippen molar-refractivity contribution in [1.29, 1.82) is 0 Å². The molecule has 0 saturated carbocycles. The predicted molar refractivity (Wildman–Crippen MR) is 92.5 cm³/mol. The lowest BCUT2D eigenvalue weighted by molar-refractivity contribution is 0.0691. The third-order valence-corrected chi connectivity index (χ3v) is 4.41. The number of hydrogen-bond acceptors (Lipinski definition) is 3. The molecule has 0 atom stereocenters. The van der Waals surface area contributed by atoms with Crippen molar-refractivity contribution < 1.29 is 14.7 Å². The van der Waals surface area contributed by atoms with E-state index in [2.05, 4.69) is 15.5 Å². The maximum absolute atomic E-state index is 11.8. The van der Waals surface area contributed by atoms with E-state index in [1.54, 1.807) is 0 Å².